The largest absolute Gasteiger partial charge is 0.490 e. The Morgan fingerprint density at radius 3 is 2.53 bits per heavy atom. The maximum Gasteiger partial charge on any atom is 0.271 e. The molecule has 0 radical (unpaired) electrons. The second kappa shape index (κ2) is 9.96. The van der Waals surface area contributed by atoms with E-state index in [0.29, 0.717) is 48.2 Å². The highest BCUT2D eigenvalue weighted by Crippen LogP contribution is 2.31. The SMILES string of the molecule is [C-]#[N+]c1ccc(OC2CCC(NC(=O)c3cnc(N4CCC(=O)CC4)cn3)CC2)cc1Cl. The fraction of sp³-hybridized carbons (Fsp3) is 0.435. The minimum atomic E-state index is -0.233. The Bertz CT molecular complexity index is 1020. The molecule has 2 heterocycles. The molecule has 1 N–H and O–H groups in total. The van der Waals surface area contributed by atoms with Gasteiger partial charge < -0.3 is 15.0 Å². The number of carbonyl (C=O) groups excluding carboxylic acids is 2. The van der Waals surface area contributed by atoms with Gasteiger partial charge in [0.25, 0.3) is 5.91 Å². The molecule has 1 amide bonds. The van der Waals surface area contributed by atoms with Crippen molar-refractivity contribution < 1.29 is 14.3 Å². The molecular formula is C23H24ClN5O3. The molecule has 1 saturated carbocycles. The average Bonchev–Trinajstić information content (AvgIpc) is 2.81. The van der Waals surface area contributed by atoms with E-state index < -0.39 is 0 Å². The summed E-state index contributed by atoms with van der Waals surface area (Å²) in [6, 6.07) is 5.16. The van der Waals surface area contributed by atoms with Crippen molar-refractivity contribution in [2.75, 3.05) is 18.0 Å². The minimum absolute atomic E-state index is 0.0495. The average molecular weight is 454 g/mol. The summed E-state index contributed by atoms with van der Waals surface area (Å²) < 4.78 is 6.00. The monoisotopic (exact) mass is 453 g/mol. The smallest absolute Gasteiger partial charge is 0.271 e. The lowest BCUT2D eigenvalue weighted by molar-refractivity contribution is -0.119. The summed E-state index contributed by atoms with van der Waals surface area (Å²) in [6.45, 7) is 8.33. The molecule has 1 aliphatic heterocycles. The van der Waals surface area contributed by atoms with Crippen molar-refractivity contribution in [1.82, 2.24) is 15.3 Å². The first-order valence-electron chi connectivity index (χ1n) is 10.7. The van der Waals surface area contributed by atoms with Crippen molar-refractivity contribution in [2.24, 2.45) is 0 Å². The van der Waals surface area contributed by atoms with E-state index in [1.807, 2.05) is 4.90 Å². The molecule has 32 heavy (non-hydrogen) atoms. The van der Waals surface area contributed by atoms with Crippen LogP contribution in [0.25, 0.3) is 4.85 Å². The fourth-order valence-electron chi connectivity index (χ4n) is 4.02. The third kappa shape index (κ3) is 5.35. The Balaban J connectivity index is 1.25. The third-order valence-electron chi connectivity index (χ3n) is 5.87. The number of nitrogens with zero attached hydrogens (tertiary/aromatic N) is 4. The number of nitrogens with one attached hydrogen (secondary N) is 1. The lowest BCUT2D eigenvalue weighted by Gasteiger charge is -2.29. The van der Waals surface area contributed by atoms with Crippen LogP contribution in [0, 0.1) is 6.57 Å². The minimum Gasteiger partial charge on any atom is -0.490 e. The molecule has 0 spiro atoms. The van der Waals surface area contributed by atoms with Gasteiger partial charge in [0.1, 0.15) is 23.0 Å². The number of benzene rings is 1. The van der Waals surface area contributed by atoms with E-state index in [4.69, 9.17) is 22.9 Å². The van der Waals surface area contributed by atoms with Gasteiger partial charge in [0, 0.05) is 32.0 Å². The number of ether oxygens (including phenoxy) is 1. The Morgan fingerprint density at radius 1 is 1.16 bits per heavy atom. The molecule has 8 nitrogen and oxygen atoms in total. The molecule has 2 aliphatic rings. The van der Waals surface area contributed by atoms with Gasteiger partial charge in [-0.05, 0) is 37.8 Å². The summed E-state index contributed by atoms with van der Waals surface area (Å²) >= 11 is 6.08. The number of hydrogen-bond donors (Lipinski definition) is 1. The molecule has 0 atom stereocenters. The van der Waals surface area contributed by atoms with Crippen molar-refractivity contribution in [1.29, 1.82) is 0 Å². The van der Waals surface area contributed by atoms with Crippen LogP contribution in [0.4, 0.5) is 11.5 Å². The fourth-order valence-corrected chi connectivity index (χ4v) is 4.23. The van der Waals surface area contributed by atoms with Gasteiger partial charge in [-0.3, -0.25) is 9.59 Å². The molecule has 1 aliphatic carbocycles. The van der Waals surface area contributed by atoms with E-state index in [2.05, 4.69) is 20.1 Å². The number of rotatable bonds is 5. The van der Waals surface area contributed by atoms with E-state index in [1.54, 1.807) is 24.4 Å². The first kappa shape index (κ1) is 22.0. The van der Waals surface area contributed by atoms with Crippen LogP contribution in [-0.2, 0) is 4.79 Å². The number of ketones is 1. The van der Waals surface area contributed by atoms with Gasteiger partial charge in [0.05, 0.1) is 30.1 Å². The van der Waals surface area contributed by atoms with E-state index in [0.717, 1.165) is 25.7 Å². The van der Waals surface area contributed by atoms with Gasteiger partial charge in [-0.25, -0.2) is 14.8 Å². The summed E-state index contributed by atoms with van der Waals surface area (Å²) in [4.78, 5) is 38.0. The van der Waals surface area contributed by atoms with Crippen molar-refractivity contribution in [2.45, 2.75) is 50.7 Å². The summed E-state index contributed by atoms with van der Waals surface area (Å²) in [5.41, 5.74) is 0.697. The van der Waals surface area contributed by atoms with Crippen LogP contribution < -0.4 is 15.0 Å². The van der Waals surface area contributed by atoms with Crippen molar-refractivity contribution in [3.05, 3.63) is 52.7 Å². The number of carbonyl (C=O) groups is 2. The first-order chi connectivity index (χ1) is 15.5. The highest BCUT2D eigenvalue weighted by atomic mass is 35.5. The predicted molar refractivity (Wildman–Crippen MR) is 120 cm³/mol. The number of halogens is 1. The summed E-state index contributed by atoms with van der Waals surface area (Å²) in [7, 11) is 0. The van der Waals surface area contributed by atoms with E-state index in [1.165, 1.54) is 6.20 Å². The van der Waals surface area contributed by atoms with E-state index in [-0.39, 0.29) is 29.5 Å². The summed E-state index contributed by atoms with van der Waals surface area (Å²) in [6.07, 6.45) is 7.41. The molecule has 2 fully saturated rings. The van der Waals surface area contributed by atoms with Crippen LogP contribution in [0.3, 0.4) is 0 Å². The molecule has 4 rings (SSSR count). The van der Waals surface area contributed by atoms with E-state index >= 15 is 0 Å². The van der Waals surface area contributed by atoms with Crippen LogP contribution in [0.1, 0.15) is 49.0 Å². The van der Waals surface area contributed by atoms with Crippen molar-refractivity contribution in [3.8, 4) is 5.75 Å². The number of piperidine rings is 1. The zero-order chi connectivity index (χ0) is 22.5. The molecule has 1 saturated heterocycles. The second-order valence-electron chi connectivity index (χ2n) is 8.08. The van der Waals surface area contributed by atoms with Gasteiger partial charge in [-0.2, -0.15) is 0 Å². The number of Topliss-reactive ketones (excluding diaryl/α,β-unsaturated/α-hetero) is 1. The van der Waals surface area contributed by atoms with Gasteiger partial charge in [0.15, 0.2) is 0 Å². The summed E-state index contributed by atoms with van der Waals surface area (Å²) in [5.74, 6) is 1.38. The molecular weight excluding hydrogens is 430 g/mol. The number of amides is 1. The molecule has 2 aromatic rings. The zero-order valence-corrected chi connectivity index (χ0v) is 18.3. The Labute approximate surface area is 191 Å². The van der Waals surface area contributed by atoms with Crippen LogP contribution in [-0.4, -0.2) is 46.9 Å². The highest BCUT2D eigenvalue weighted by Gasteiger charge is 2.25. The van der Waals surface area contributed by atoms with Gasteiger partial charge in [0.2, 0.25) is 5.69 Å². The number of anilines is 1. The number of hydrogen-bond acceptors (Lipinski definition) is 6. The Kier molecular flexibility index (Phi) is 6.86. The quantitative estimate of drug-likeness (QED) is 0.689. The van der Waals surface area contributed by atoms with Crippen LogP contribution in [0.2, 0.25) is 5.02 Å². The standard InChI is InChI=1S/C23H24ClN5O3/c1-25-20-7-6-18(12-19(20)24)32-17-4-2-15(3-5-17)28-23(31)21-13-27-22(14-26-21)29-10-8-16(30)9-11-29/h6-7,12-15,17H,2-5,8-11H2,(H,28,31). The van der Waals surface area contributed by atoms with E-state index in [9.17, 15) is 9.59 Å². The molecule has 1 aromatic carbocycles. The third-order valence-corrected chi connectivity index (χ3v) is 6.17. The summed E-state index contributed by atoms with van der Waals surface area (Å²) in [5, 5.41) is 3.43. The molecule has 166 valence electrons. The maximum absolute atomic E-state index is 12.6. The van der Waals surface area contributed by atoms with Crippen LogP contribution >= 0.6 is 11.6 Å². The normalized spacial score (nSPS) is 21.0. The molecule has 9 heteroatoms. The zero-order valence-electron chi connectivity index (χ0n) is 17.6. The van der Waals surface area contributed by atoms with Gasteiger partial charge >= 0.3 is 0 Å². The molecule has 0 bridgehead atoms. The van der Waals surface area contributed by atoms with Crippen LogP contribution in [0.15, 0.2) is 30.6 Å². The Hall–Kier alpha value is -3.18. The molecule has 0 unspecified atom stereocenters. The molecule has 1 aromatic heterocycles. The lowest BCUT2D eigenvalue weighted by atomic mass is 9.93. The van der Waals surface area contributed by atoms with Crippen LogP contribution in [0.5, 0.6) is 5.75 Å². The van der Waals surface area contributed by atoms with Gasteiger partial charge in [-0.15, -0.1) is 0 Å². The predicted octanol–water partition coefficient (Wildman–Crippen LogP) is 3.97. The Morgan fingerprint density at radius 2 is 1.91 bits per heavy atom. The highest BCUT2D eigenvalue weighted by molar-refractivity contribution is 6.33. The van der Waals surface area contributed by atoms with Crippen molar-refractivity contribution in [3.63, 3.8) is 0 Å². The topological polar surface area (TPSA) is 88.8 Å². The van der Waals surface area contributed by atoms with Gasteiger partial charge in [-0.1, -0.05) is 17.7 Å². The first-order valence-corrected chi connectivity index (χ1v) is 11.1. The second-order valence-corrected chi connectivity index (χ2v) is 8.48. The number of aromatic nitrogens is 2. The lowest BCUT2D eigenvalue weighted by Crippen LogP contribution is -2.40. The van der Waals surface area contributed by atoms with Crippen molar-refractivity contribution >= 4 is 34.8 Å². The maximum atomic E-state index is 12.6.